The molecule has 0 amide bonds. The van der Waals surface area contributed by atoms with E-state index in [9.17, 15) is 10.2 Å². The lowest BCUT2D eigenvalue weighted by Crippen LogP contribution is -1.86. The molecule has 2 N–H and O–H groups in total. The molecule has 0 radical (unpaired) electrons. The van der Waals surface area contributed by atoms with Gasteiger partial charge in [0.2, 0.25) is 0 Å². The maximum Gasteiger partial charge on any atom is 0.158 e. The van der Waals surface area contributed by atoms with E-state index >= 15 is 0 Å². The number of phenolic OH excluding ortho intramolecular Hbond substituents is 2. The van der Waals surface area contributed by atoms with Gasteiger partial charge in [0.15, 0.2) is 11.5 Å². The van der Waals surface area contributed by atoms with Crippen LogP contribution in [0.4, 0.5) is 0 Å². The molecule has 0 spiro atoms. The van der Waals surface area contributed by atoms with Gasteiger partial charge in [-0.25, -0.2) is 4.98 Å². The van der Waals surface area contributed by atoms with Crippen LogP contribution in [0.2, 0.25) is 0 Å². The number of aromatic hydroxyl groups is 2. The SMILES string of the molecule is Oc1ccc(-c2csc(Cc3ccccc3)n2)cc1O. The number of benzene rings is 2. The molecule has 0 aliphatic carbocycles. The predicted octanol–water partition coefficient (Wildman–Crippen LogP) is 3.81. The highest BCUT2D eigenvalue weighted by Gasteiger charge is 2.08. The van der Waals surface area contributed by atoms with Crippen LogP contribution in [-0.2, 0) is 6.42 Å². The molecule has 1 aromatic heterocycles. The molecule has 100 valence electrons. The monoisotopic (exact) mass is 283 g/mol. The molecule has 0 saturated carbocycles. The first kappa shape index (κ1) is 12.7. The van der Waals surface area contributed by atoms with Crippen molar-refractivity contribution < 1.29 is 10.2 Å². The standard InChI is InChI=1S/C16H13NO2S/c18-14-7-6-12(9-15(14)19)13-10-20-16(17-13)8-11-4-2-1-3-5-11/h1-7,9-10,18-19H,8H2. The van der Waals surface area contributed by atoms with Crippen LogP contribution in [0.3, 0.4) is 0 Å². The maximum atomic E-state index is 9.53. The highest BCUT2D eigenvalue weighted by Crippen LogP contribution is 2.31. The molecule has 0 saturated heterocycles. The molecule has 20 heavy (non-hydrogen) atoms. The molecular weight excluding hydrogens is 270 g/mol. The first-order valence-corrected chi connectivity index (χ1v) is 7.11. The van der Waals surface area contributed by atoms with E-state index in [1.54, 1.807) is 17.4 Å². The van der Waals surface area contributed by atoms with E-state index in [0.29, 0.717) is 0 Å². The zero-order valence-corrected chi connectivity index (χ0v) is 11.5. The number of thiazole rings is 1. The van der Waals surface area contributed by atoms with Crippen molar-refractivity contribution in [1.29, 1.82) is 0 Å². The summed E-state index contributed by atoms with van der Waals surface area (Å²) in [5.41, 5.74) is 2.84. The Bertz CT molecular complexity index is 722. The minimum absolute atomic E-state index is 0.117. The molecule has 3 nitrogen and oxygen atoms in total. The largest absolute Gasteiger partial charge is 0.504 e. The molecule has 0 unspecified atom stereocenters. The van der Waals surface area contributed by atoms with Crippen LogP contribution in [0, 0.1) is 0 Å². The minimum Gasteiger partial charge on any atom is -0.504 e. The van der Waals surface area contributed by atoms with Crippen LogP contribution in [0.15, 0.2) is 53.9 Å². The Morgan fingerprint density at radius 1 is 0.950 bits per heavy atom. The molecule has 0 fully saturated rings. The van der Waals surface area contributed by atoms with Crippen molar-refractivity contribution in [2.24, 2.45) is 0 Å². The summed E-state index contributed by atoms with van der Waals surface area (Å²) < 4.78 is 0. The van der Waals surface area contributed by atoms with E-state index in [4.69, 9.17) is 0 Å². The van der Waals surface area contributed by atoms with E-state index in [1.807, 2.05) is 23.6 Å². The van der Waals surface area contributed by atoms with Gasteiger partial charge >= 0.3 is 0 Å². The predicted molar refractivity (Wildman–Crippen MR) is 80.1 cm³/mol. The Labute approximate surface area is 120 Å². The molecule has 1 heterocycles. The number of nitrogens with zero attached hydrogens (tertiary/aromatic N) is 1. The first-order valence-electron chi connectivity index (χ1n) is 6.23. The third-order valence-electron chi connectivity index (χ3n) is 3.02. The van der Waals surface area contributed by atoms with Crippen molar-refractivity contribution in [3.05, 3.63) is 64.5 Å². The van der Waals surface area contributed by atoms with Gasteiger partial charge in [-0.2, -0.15) is 0 Å². The van der Waals surface area contributed by atoms with E-state index in [0.717, 1.165) is 22.7 Å². The van der Waals surface area contributed by atoms with Crippen LogP contribution in [0.5, 0.6) is 11.5 Å². The van der Waals surface area contributed by atoms with Gasteiger partial charge in [0, 0.05) is 17.4 Å². The molecule has 2 aromatic carbocycles. The molecular formula is C16H13NO2S. The first-order chi connectivity index (χ1) is 9.72. The van der Waals surface area contributed by atoms with E-state index < -0.39 is 0 Å². The van der Waals surface area contributed by atoms with Gasteiger partial charge < -0.3 is 10.2 Å². The van der Waals surface area contributed by atoms with E-state index in [-0.39, 0.29) is 11.5 Å². The summed E-state index contributed by atoms with van der Waals surface area (Å²) in [7, 11) is 0. The summed E-state index contributed by atoms with van der Waals surface area (Å²) >= 11 is 1.59. The fraction of sp³-hybridized carbons (Fsp3) is 0.0625. The molecule has 4 heteroatoms. The molecule has 3 aromatic rings. The normalized spacial score (nSPS) is 10.6. The number of phenols is 2. The zero-order valence-electron chi connectivity index (χ0n) is 10.7. The van der Waals surface area contributed by atoms with Gasteiger partial charge in [0.1, 0.15) is 0 Å². The summed E-state index contributed by atoms with van der Waals surface area (Å²) in [5.74, 6) is -0.242. The van der Waals surface area contributed by atoms with E-state index in [1.165, 1.54) is 17.7 Å². The van der Waals surface area contributed by atoms with Gasteiger partial charge in [0.25, 0.3) is 0 Å². The lowest BCUT2D eigenvalue weighted by Gasteiger charge is -2.00. The highest BCUT2D eigenvalue weighted by molar-refractivity contribution is 7.10. The number of aromatic nitrogens is 1. The Morgan fingerprint density at radius 2 is 1.75 bits per heavy atom. The summed E-state index contributed by atoms with van der Waals surface area (Å²) in [6.45, 7) is 0. The average Bonchev–Trinajstić information content (AvgIpc) is 2.91. The van der Waals surface area contributed by atoms with Crippen molar-refractivity contribution in [3.8, 4) is 22.8 Å². The molecule has 0 atom stereocenters. The Morgan fingerprint density at radius 3 is 2.50 bits per heavy atom. The Balaban J connectivity index is 1.84. The lowest BCUT2D eigenvalue weighted by molar-refractivity contribution is 0.404. The second-order valence-corrected chi connectivity index (χ2v) is 5.44. The van der Waals surface area contributed by atoms with Gasteiger partial charge in [-0.05, 0) is 23.8 Å². The summed E-state index contributed by atoms with van der Waals surface area (Å²) in [4.78, 5) is 4.57. The summed E-state index contributed by atoms with van der Waals surface area (Å²) in [5, 5.41) is 21.8. The van der Waals surface area contributed by atoms with Gasteiger partial charge in [-0.1, -0.05) is 30.3 Å². The topological polar surface area (TPSA) is 53.4 Å². The van der Waals surface area contributed by atoms with Crippen LogP contribution in [0.1, 0.15) is 10.6 Å². The van der Waals surface area contributed by atoms with Gasteiger partial charge in [-0.15, -0.1) is 11.3 Å². The van der Waals surface area contributed by atoms with E-state index in [2.05, 4.69) is 17.1 Å². The fourth-order valence-corrected chi connectivity index (χ4v) is 2.82. The number of rotatable bonds is 3. The second kappa shape index (κ2) is 5.35. The van der Waals surface area contributed by atoms with Crippen molar-refractivity contribution in [3.63, 3.8) is 0 Å². The van der Waals surface area contributed by atoms with Crippen LogP contribution < -0.4 is 0 Å². The Kier molecular flexibility index (Phi) is 3.39. The minimum atomic E-state index is -0.125. The summed E-state index contributed by atoms with van der Waals surface area (Å²) in [6.07, 6.45) is 0.801. The zero-order chi connectivity index (χ0) is 13.9. The van der Waals surface area contributed by atoms with Crippen LogP contribution in [-0.4, -0.2) is 15.2 Å². The van der Waals surface area contributed by atoms with Crippen molar-refractivity contribution in [2.45, 2.75) is 6.42 Å². The van der Waals surface area contributed by atoms with Crippen molar-refractivity contribution >= 4 is 11.3 Å². The molecule has 0 aliphatic rings. The van der Waals surface area contributed by atoms with Crippen LogP contribution in [0.25, 0.3) is 11.3 Å². The lowest BCUT2D eigenvalue weighted by atomic mass is 10.1. The number of hydrogen-bond donors (Lipinski definition) is 2. The maximum absolute atomic E-state index is 9.53. The third-order valence-corrected chi connectivity index (χ3v) is 3.87. The number of hydrogen-bond acceptors (Lipinski definition) is 4. The van der Waals surface area contributed by atoms with Crippen LogP contribution >= 0.6 is 11.3 Å². The fourth-order valence-electron chi connectivity index (χ4n) is 1.98. The molecule has 0 aliphatic heterocycles. The smallest absolute Gasteiger partial charge is 0.158 e. The third kappa shape index (κ3) is 2.65. The van der Waals surface area contributed by atoms with Gasteiger partial charge in [0.05, 0.1) is 10.7 Å². The van der Waals surface area contributed by atoms with Gasteiger partial charge in [-0.3, -0.25) is 0 Å². The quantitative estimate of drug-likeness (QED) is 0.719. The highest BCUT2D eigenvalue weighted by atomic mass is 32.1. The Hall–Kier alpha value is -2.33. The second-order valence-electron chi connectivity index (χ2n) is 4.49. The molecule has 3 rings (SSSR count). The van der Waals surface area contributed by atoms with Crippen molar-refractivity contribution in [1.82, 2.24) is 4.98 Å². The van der Waals surface area contributed by atoms with Crippen molar-refractivity contribution in [2.75, 3.05) is 0 Å². The molecule has 0 bridgehead atoms. The average molecular weight is 283 g/mol. The summed E-state index contributed by atoms with van der Waals surface area (Å²) in [6, 6.07) is 14.9.